The normalized spacial score (nSPS) is 11.8. The van der Waals surface area contributed by atoms with Gasteiger partial charge in [-0.15, -0.1) is 0 Å². The molecule has 1 aromatic carbocycles. The third-order valence-electron chi connectivity index (χ3n) is 2.76. The Hall–Kier alpha value is -1.93. The number of benzene rings is 1. The van der Waals surface area contributed by atoms with Crippen molar-refractivity contribution in [1.82, 2.24) is 4.98 Å². The summed E-state index contributed by atoms with van der Waals surface area (Å²) in [6.07, 6.45) is 3.30. The predicted molar refractivity (Wildman–Crippen MR) is 74.1 cm³/mol. The van der Waals surface area contributed by atoms with E-state index in [0.717, 1.165) is 19.3 Å². The SMILES string of the molecule is Cc1ccc(C(=O)O)cc1[As](C=O)c1ccncc1. The van der Waals surface area contributed by atoms with Crippen molar-refractivity contribution in [2.24, 2.45) is 0 Å². The Kier molecular flexibility index (Phi) is 4.12. The average Bonchev–Trinajstić information content (AvgIpc) is 2.42. The van der Waals surface area contributed by atoms with E-state index in [1.807, 2.05) is 19.1 Å². The second-order valence-electron chi connectivity index (χ2n) is 3.99. The van der Waals surface area contributed by atoms with Crippen LogP contribution in [0, 0.1) is 6.92 Å². The Bertz CT molecular complexity index is 613. The number of hydrogen-bond acceptors (Lipinski definition) is 3. The fraction of sp³-hybridized carbons (Fsp3) is 0.0714. The van der Waals surface area contributed by atoms with Crippen LogP contribution in [0.1, 0.15) is 15.9 Å². The number of hydrogen-bond donors (Lipinski definition) is 1. The molecule has 19 heavy (non-hydrogen) atoms. The van der Waals surface area contributed by atoms with Crippen molar-refractivity contribution in [1.29, 1.82) is 0 Å². The maximum absolute atomic E-state index is 11.4. The summed E-state index contributed by atoms with van der Waals surface area (Å²) < 4.78 is 1.80. The van der Waals surface area contributed by atoms with E-state index in [9.17, 15) is 9.59 Å². The molecule has 0 aliphatic carbocycles. The van der Waals surface area contributed by atoms with E-state index < -0.39 is 20.6 Å². The van der Waals surface area contributed by atoms with Gasteiger partial charge in [0.25, 0.3) is 0 Å². The Labute approximate surface area is 115 Å². The molecule has 0 saturated carbocycles. The molecule has 4 nitrogen and oxygen atoms in total. The number of pyridine rings is 1. The first-order valence-corrected chi connectivity index (χ1v) is 8.58. The van der Waals surface area contributed by atoms with E-state index in [4.69, 9.17) is 5.11 Å². The molecule has 0 amide bonds. The molecule has 0 spiro atoms. The number of rotatable bonds is 4. The number of aromatic carboxylic acids is 1. The number of carbonyl (C=O) groups is 2. The molecule has 96 valence electrons. The van der Waals surface area contributed by atoms with Crippen molar-refractivity contribution in [2.45, 2.75) is 6.92 Å². The second-order valence-corrected chi connectivity index (χ2v) is 8.08. The van der Waals surface area contributed by atoms with Gasteiger partial charge in [-0.1, -0.05) is 0 Å². The van der Waals surface area contributed by atoms with Crippen LogP contribution in [0.25, 0.3) is 0 Å². The molecule has 0 aliphatic rings. The molecule has 0 saturated heterocycles. The maximum atomic E-state index is 11.4. The summed E-state index contributed by atoms with van der Waals surface area (Å²) in [7, 11) is 0. The van der Waals surface area contributed by atoms with Gasteiger partial charge in [-0.05, 0) is 0 Å². The molecule has 5 heteroatoms. The Balaban J connectivity index is 2.52. The zero-order chi connectivity index (χ0) is 13.8. The molecule has 1 atom stereocenters. The summed E-state index contributed by atoms with van der Waals surface area (Å²) in [6, 6.07) is 8.57. The van der Waals surface area contributed by atoms with Crippen LogP contribution < -0.4 is 8.70 Å². The van der Waals surface area contributed by atoms with Crippen LogP contribution in [-0.4, -0.2) is 35.8 Å². The molecule has 0 radical (unpaired) electrons. The number of carboxylic acids is 1. The van der Waals surface area contributed by atoms with E-state index >= 15 is 0 Å². The standard InChI is InChI=1S/C14H12AsNO3/c1-10-2-3-11(14(18)19)8-13(10)15(9-17)12-4-6-16-7-5-12/h2-9H,1H3,(H,18,19). The van der Waals surface area contributed by atoms with Gasteiger partial charge in [-0.25, -0.2) is 0 Å². The third kappa shape index (κ3) is 2.91. The van der Waals surface area contributed by atoms with Crippen LogP contribution in [0.3, 0.4) is 0 Å². The van der Waals surface area contributed by atoms with E-state index in [2.05, 4.69) is 4.98 Å². The topological polar surface area (TPSA) is 67.3 Å². The third-order valence-corrected chi connectivity index (χ3v) is 7.10. The van der Waals surface area contributed by atoms with Gasteiger partial charge in [0, 0.05) is 0 Å². The molecule has 0 fully saturated rings. The van der Waals surface area contributed by atoms with Crippen molar-refractivity contribution in [2.75, 3.05) is 0 Å². The monoisotopic (exact) mass is 317 g/mol. The van der Waals surface area contributed by atoms with Crippen molar-refractivity contribution in [3.63, 3.8) is 0 Å². The summed E-state index contributed by atoms with van der Waals surface area (Å²) in [6.45, 7) is 1.90. The predicted octanol–water partition coefficient (Wildman–Crippen LogP) is 0.469. The molecule has 1 aromatic heterocycles. The van der Waals surface area contributed by atoms with E-state index in [1.54, 1.807) is 30.6 Å². The summed E-state index contributed by atoms with van der Waals surface area (Å²) in [4.78, 5) is 26.4. The number of nitrogens with zero attached hydrogens (tertiary/aromatic N) is 1. The molecule has 2 rings (SSSR count). The number of carboxylic acid groups (broad SMARTS) is 1. The first kappa shape index (κ1) is 13.5. The van der Waals surface area contributed by atoms with Gasteiger partial charge in [-0.3, -0.25) is 0 Å². The van der Waals surface area contributed by atoms with Gasteiger partial charge in [0.2, 0.25) is 0 Å². The Morgan fingerprint density at radius 2 is 1.95 bits per heavy atom. The molecular weight excluding hydrogens is 305 g/mol. The first-order valence-electron chi connectivity index (χ1n) is 5.62. The number of aryl methyl sites for hydroxylation is 1. The van der Waals surface area contributed by atoms with Crippen LogP contribution in [0.2, 0.25) is 0 Å². The molecule has 0 bridgehead atoms. The number of carbonyl (C=O) groups excluding carboxylic acids is 1. The minimum absolute atomic E-state index is 0.218. The van der Waals surface area contributed by atoms with E-state index in [1.165, 1.54) is 0 Å². The summed E-state index contributed by atoms with van der Waals surface area (Å²) in [5.74, 6) is -0.976. The first-order chi connectivity index (χ1) is 9.13. The van der Waals surface area contributed by atoms with Crippen LogP contribution in [0.15, 0.2) is 42.7 Å². The summed E-state index contributed by atoms with van der Waals surface area (Å²) >= 11 is -2.10. The Morgan fingerprint density at radius 3 is 2.53 bits per heavy atom. The average molecular weight is 317 g/mol. The van der Waals surface area contributed by atoms with Gasteiger partial charge in [0.05, 0.1) is 0 Å². The molecule has 1 unspecified atom stereocenters. The van der Waals surface area contributed by atoms with Gasteiger partial charge >= 0.3 is 115 Å². The summed E-state index contributed by atoms with van der Waals surface area (Å²) in [5, 5.41) is 10.0. The van der Waals surface area contributed by atoms with Crippen LogP contribution in [-0.2, 0) is 4.79 Å². The van der Waals surface area contributed by atoms with Crippen molar-refractivity contribution in [3.8, 4) is 0 Å². The van der Waals surface area contributed by atoms with Crippen molar-refractivity contribution >= 4 is 34.4 Å². The molecule has 2 aromatic rings. The van der Waals surface area contributed by atoms with E-state index in [0.29, 0.717) is 0 Å². The fourth-order valence-electron chi connectivity index (χ4n) is 1.76. The fourth-order valence-corrected chi connectivity index (χ4v) is 5.33. The second kappa shape index (κ2) is 5.81. The molecule has 1 N–H and O–H groups in total. The van der Waals surface area contributed by atoms with Gasteiger partial charge in [-0.2, -0.15) is 0 Å². The summed E-state index contributed by atoms with van der Waals surface area (Å²) in [5.41, 5.74) is 1.17. The van der Waals surface area contributed by atoms with Crippen LogP contribution >= 0.6 is 0 Å². The Morgan fingerprint density at radius 1 is 1.26 bits per heavy atom. The van der Waals surface area contributed by atoms with Gasteiger partial charge in [0.15, 0.2) is 0 Å². The van der Waals surface area contributed by atoms with Crippen molar-refractivity contribution < 1.29 is 14.7 Å². The minimum atomic E-state index is -2.10. The zero-order valence-electron chi connectivity index (χ0n) is 10.3. The quantitative estimate of drug-likeness (QED) is 0.657. The molecule has 0 aliphatic heterocycles. The van der Waals surface area contributed by atoms with E-state index in [-0.39, 0.29) is 5.56 Å². The number of aromatic nitrogens is 1. The van der Waals surface area contributed by atoms with Gasteiger partial charge < -0.3 is 0 Å². The zero-order valence-corrected chi connectivity index (χ0v) is 12.2. The molecule has 1 heterocycles. The van der Waals surface area contributed by atoms with Crippen LogP contribution in [0.5, 0.6) is 0 Å². The molecular formula is C14H12AsNO3. The van der Waals surface area contributed by atoms with Crippen LogP contribution in [0.4, 0.5) is 0 Å². The van der Waals surface area contributed by atoms with Gasteiger partial charge in [0.1, 0.15) is 0 Å². The van der Waals surface area contributed by atoms with Crippen molar-refractivity contribution in [3.05, 3.63) is 53.9 Å².